The van der Waals surface area contributed by atoms with Crippen LogP contribution < -0.4 is 10.9 Å². The summed E-state index contributed by atoms with van der Waals surface area (Å²) in [5.74, 6) is 0. The maximum absolute atomic E-state index is 12.4. The molecule has 0 bridgehead atoms. The molecule has 1 aliphatic carbocycles. The largest absolute Gasteiger partial charge is 0.380 e. The minimum absolute atomic E-state index is 0.0918. The van der Waals surface area contributed by atoms with E-state index >= 15 is 0 Å². The highest BCUT2D eigenvalue weighted by atomic mass is 16.1. The molecule has 1 aliphatic heterocycles. The summed E-state index contributed by atoms with van der Waals surface area (Å²) in [4.78, 5) is 12.4. The Morgan fingerprint density at radius 1 is 1.24 bits per heavy atom. The van der Waals surface area contributed by atoms with Gasteiger partial charge in [0.2, 0.25) is 0 Å². The topological polar surface area (TPSA) is 46.9 Å². The van der Waals surface area contributed by atoms with Gasteiger partial charge in [-0.05, 0) is 25.7 Å². The molecule has 1 aromatic rings. The van der Waals surface area contributed by atoms with Crippen LogP contribution >= 0.6 is 0 Å². The fourth-order valence-electron chi connectivity index (χ4n) is 2.96. The van der Waals surface area contributed by atoms with Gasteiger partial charge in [-0.25, -0.2) is 4.68 Å². The summed E-state index contributed by atoms with van der Waals surface area (Å²) in [5.41, 5.74) is 1.99. The average molecular weight is 233 g/mol. The summed E-state index contributed by atoms with van der Waals surface area (Å²) in [6.07, 6.45) is 9.92. The van der Waals surface area contributed by atoms with Gasteiger partial charge in [0.1, 0.15) is 5.69 Å². The van der Waals surface area contributed by atoms with E-state index < -0.39 is 0 Å². The summed E-state index contributed by atoms with van der Waals surface area (Å²) in [6, 6.07) is 0.324. The molecule has 4 nitrogen and oxygen atoms in total. The van der Waals surface area contributed by atoms with E-state index in [9.17, 15) is 4.79 Å². The van der Waals surface area contributed by atoms with Crippen molar-refractivity contribution in [3.8, 4) is 0 Å². The van der Waals surface area contributed by atoms with Crippen LogP contribution in [-0.2, 0) is 6.42 Å². The van der Waals surface area contributed by atoms with Crippen LogP contribution in [0.2, 0.25) is 0 Å². The fraction of sp³-hybridized carbons (Fsp3) is 0.692. The normalized spacial score (nSPS) is 20.7. The molecule has 0 unspecified atom stereocenters. The van der Waals surface area contributed by atoms with E-state index in [4.69, 9.17) is 0 Å². The minimum Gasteiger partial charge on any atom is -0.380 e. The molecule has 2 heterocycles. The lowest BCUT2D eigenvalue weighted by Crippen LogP contribution is -2.33. The van der Waals surface area contributed by atoms with Crippen LogP contribution in [0.4, 0.5) is 5.69 Å². The predicted molar refractivity (Wildman–Crippen MR) is 67.4 cm³/mol. The van der Waals surface area contributed by atoms with Crippen LogP contribution in [-0.4, -0.2) is 16.3 Å². The Morgan fingerprint density at radius 2 is 2.06 bits per heavy atom. The van der Waals surface area contributed by atoms with Crippen molar-refractivity contribution in [1.29, 1.82) is 0 Å². The van der Waals surface area contributed by atoms with Gasteiger partial charge in [0, 0.05) is 12.1 Å². The van der Waals surface area contributed by atoms with Gasteiger partial charge in [-0.3, -0.25) is 4.79 Å². The Kier molecular flexibility index (Phi) is 2.87. The van der Waals surface area contributed by atoms with E-state index in [1.807, 2.05) is 6.20 Å². The molecule has 0 radical (unpaired) electrons. The molecule has 1 N–H and O–H groups in total. The molecular formula is C13H19N3O. The van der Waals surface area contributed by atoms with Crippen LogP contribution in [0.25, 0.3) is 0 Å². The monoisotopic (exact) mass is 233 g/mol. The van der Waals surface area contributed by atoms with Crippen LogP contribution in [0.15, 0.2) is 11.0 Å². The number of hydrogen-bond acceptors (Lipinski definition) is 3. The molecule has 1 aromatic heterocycles. The SMILES string of the molecule is O=c1c2c(cnn1C1CCCCC1)CCCN2. The number of fused-ring (bicyclic) bond motifs is 1. The number of aromatic nitrogens is 2. The van der Waals surface area contributed by atoms with Gasteiger partial charge in [-0.15, -0.1) is 0 Å². The standard InChI is InChI=1S/C13H19N3O/c17-13-12-10(5-4-8-14-12)9-15-16(13)11-6-2-1-3-7-11/h9,11,14H,1-8H2. The number of aryl methyl sites for hydroxylation is 1. The Labute approximate surface area is 101 Å². The van der Waals surface area contributed by atoms with Crippen molar-refractivity contribution in [3.63, 3.8) is 0 Å². The third-order valence-corrected chi connectivity index (χ3v) is 3.93. The van der Waals surface area contributed by atoms with E-state index in [1.54, 1.807) is 4.68 Å². The van der Waals surface area contributed by atoms with Gasteiger partial charge in [-0.1, -0.05) is 19.3 Å². The summed E-state index contributed by atoms with van der Waals surface area (Å²) >= 11 is 0. The first kappa shape index (κ1) is 10.8. The Balaban J connectivity index is 1.97. The van der Waals surface area contributed by atoms with Gasteiger partial charge in [0.05, 0.1) is 12.2 Å². The van der Waals surface area contributed by atoms with Crippen molar-refractivity contribution < 1.29 is 0 Å². The maximum atomic E-state index is 12.4. The number of hydrogen-bond donors (Lipinski definition) is 1. The molecule has 2 aliphatic rings. The zero-order chi connectivity index (χ0) is 11.7. The van der Waals surface area contributed by atoms with E-state index in [0.29, 0.717) is 6.04 Å². The van der Waals surface area contributed by atoms with E-state index in [0.717, 1.165) is 43.5 Å². The molecule has 92 valence electrons. The molecule has 4 heteroatoms. The maximum Gasteiger partial charge on any atom is 0.290 e. The van der Waals surface area contributed by atoms with Gasteiger partial charge >= 0.3 is 0 Å². The quantitative estimate of drug-likeness (QED) is 0.808. The van der Waals surface area contributed by atoms with Crippen molar-refractivity contribution in [1.82, 2.24) is 9.78 Å². The zero-order valence-electron chi connectivity index (χ0n) is 10.1. The summed E-state index contributed by atoms with van der Waals surface area (Å²) in [7, 11) is 0. The van der Waals surface area contributed by atoms with Crippen LogP contribution in [0.3, 0.4) is 0 Å². The first-order chi connectivity index (χ1) is 8.36. The second-order valence-electron chi connectivity index (χ2n) is 5.12. The average Bonchev–Trinajstić information content (AvgIpc) is 2.40. The highest BCUT2D eigenvalue weighted by Gasteiger charge is 2.21. The van der Waals surface area contributed by atoms with Crippen LogP contribution in [0, 0.1) is 0 Å². The summed E-state index contributed by atoms with van der Waals surface area (Å²) < 4.78 is 1.72. The van der Waals surface area contributed by atoms with E-state index in [1.165, 1.54) is 19.3 Å². The first-order valence-corrected chi connectivity index (χ1v) is 6.71. The van der Waals surface area contributed by atoms with Gasteiger partial charge in [0.25, 0.3) is 5.56 Å². The van der Waals surface area contributed by atoms with Crippen molar-refractivity contribution in [3.05, 3.63) is 22.1 Å². The van der Waals surface area contributed by atoms with Crippen LogP contribution in [0.5, 0.6) is 0 Å². The highest BCUT2D eigenvalue weighted by Crippen LogP contribution is 2.27. The Bertz CT molecular complexity index is 460. The molecule has 1 fully saturated rings. The lowest BCUT2D eigenvalue weighted by molar-refractivity contribution is 0.318. The lowest BCUT2D eigenvalue weighted by atomic mass is 9.95. The Morgan fingerprint density at radius 3 is 2.88 bits per heavy atom. The second-order valence-corrected chi connectivity index (χ2v) is 5.12. The zero-order valence-corrected chi connectivity index (χ0v) is 10.1. The van der Waals surface area contributed by atoms with Crippen molar-refractivity contribution in [2.24, 2.45) is 0 Å². The molecule has 0 aromatic carbocycles. The number of anilines is 1. The summed E-state index contributed by atoms with van der Waals surface area (Å²) in [6.45, 7) is 0.914. The van der Waals surface area contributed by atoms with Crippen molar-refractivity contribution >= 4 is 5.69 Å². The molecule has 0 atom stereocenters. The molecule has 0 spiro atoms. The molecule has 1 saturated carbocycles. The lowest BCUT2D eigenvalue weighted by Gasteiger charge is -2.25. The van der Waals surface area contributed by atoms with Crippen LogP contribution in [0.1, 0.15) is 50.1 Å². The number of rotatable bonds is 1. The second kappa shape index (κ2) is 4.51. The predicted octanol–water partition coefficient (Wildman–Crippen LogP) is 2.11. The fourth-order valence-corrected chi connectivity index (χ4v) is 2.96. The third-order valence-electron chi connectivity index (χ3n) is 3.93. The highest BCUT2D eigenvalue weighted by molar-refractivity contribution is 5.49. The minimum atomic E-state index is 0.0918. The van der Waals surface area contributed by atoms with Crippen molar-refractivity contribution in [2.45, 2.75) is 51.0 Å². The molecule has 0 saturated heterocycles. The van der Waals surface area contributed by atoms with E-state index in [2.05, 4.69) is 10.4 Å². The Hall–Kier alpha value is -1.32. The molecule has 17 heavy (non-hydrogen) atoms. The molecule has 0 amide bonds. The third kappa shape index (κ3) is 1.96. The molecular weight excluding hydrogens is 214 g/mol. The smallest absolute Gasteiger partial charge is 0.290 e. The van der Waals surface area contributed by atoms with Gasteiger partial charge in [0.15, 0.2) is 0 Å². The first-order valence-electron chi connectivity index (χ1n) is 6.71. The molecule has 3 rings (SSSR count). The van der Waals surface area contributed by atoms with Gasteiger partial charge in [-0.2, -0.15) is 5.10 Å². The summed E-state index contributed by atoms with van der Waals surface area (Å²) in [5, 5.41) is 7.62. The number of nitrogens with zero attached hydrogens (tertiary/aromatic N) is 2. The number of nitrogens with one attached hydrogen (secondary N) is 1. The van der Waals surface area contributed by atoms with Crippen molar-refractivity contribution in [2.75, 3.05) is 11.9 Å². The van der Waals surface area contributed by atoms with Gasteiger partial charge < -0.3 is 5.32 Å². The van der Waals surface area contributed by atoms with E-state index in [-0.39, 0.29) is 5.56 Å².